The molecule has 0 radical (unpaired) electrons. The molecule has 1 aromatic rings. The number of nitrogens with zero attached hydrogens (tertiary/aromatic N) is 1. The number of hydrogen-bond donors (Lipinski definition) is 0. The second-order valence-corrected chi connectivity index (χ2v) is 4.21. The average Bonchev–Trinajstić information content (AvgIpc) is 2.41. The van der Waals surface area contributed by atoms with Crippen LogP contribution in [-0.4, -0.2) is 17.8 Å². The number of ether oxygens (including phenoxy) is 1. The lowest BCUT2D eigenvalue weighted by molar-refractivity contribution is 0.394. The first-order valence-electron chi connectivity index (χ1n) is 4.57. The Balaban J connectivity index is 2.32. The van der Waals surface area contributed by atoms with E-state index in [1.54, 1.807) is 7.11 Å². The molecule has 2 rings (SSSR count). The minimum Gasteiger partial charge on any atom is -0.481 e. The van der Waals surface area contributed by atoms with Gasteiger partial charge in [-0.1, -0.05) is 6.07 Å². The first-order chi connectivity index (χ1) is 6.40. The summed E-state index contributed by atoms with van der Waals surface area (Å²) in [5, 5.41) is 1.16. The number of pyridine rings is 1. The summed E-state index contributed by atoms with van der Waals surface area (Å²) >= 11 is 1.85. The van der Waals surface area contributed by atoms with E-state index in [2.05, 4.69) is 11.1 Å². The van der Waals surface area contributed by atoms with Gasteiger partial charge in [0.05, 0.1) is 7.11 Å². The van der Waals surface area contributed by atoms with Gasteiger partial charge < -0.3 is 4.74 Å². The highest BCUT2D eigenvalue weighted by Gasteiger charge is 2.10. The van der Waals surface area contributed by atoms with Crippen molar-refractivity contribution < 1.29 is 4.74 Å². The Labute approximate surface area is 82.7 Å². The standard InChI is InChI=1S/C10H13NOS/c1-12-9-6-5-8-4-2-3-7-13-10(8)11-9/h5-6H,2-4,7H2,1H3. The molecule has 0 atom stereocenters. The fraction of sp³-hybridized carbons (Fsp3) is 0.500. The van der Waals surface area contributed by atoms with Crippen molar-refractivity contribution in [3.63, 3.8) is 0 Å². The van der Waals surface area contributed by atoms with E-state index >= 15 is 0 Å². The summed E-state index contributed by atoms with van der Waals surface area (Å²) in [6.45, 7) is 0. The molecule has 3 heteroatoms. The number of methoxy groups -OCH3 is 1. The van der Waals surface area contributed by atoms with Gasteiger partial charge in [0.1, 0.15) is 5.03 Å². The SMILES string of the molecule is COc1ccc2c(n1)SCCCC2. The van der Waals surface area contributed by atoms with Gasteiger partial charge in [0, 0.05) is 6.07 Å². The van der Waals surface area contributed by atoms with E-state index in [1.807, 2.05) is 17.8 Å². The number of thioether (sulfide) groups is 1. The van der Waals surface area contributed by atoms with Crippen molar-refractivity contribution >= 4 is 11.8 Å². The third-order valence-corrected chi connectivity index (χ3v) is 3.32. The number of aryl methyl sites for hydroxylation is 1. The van der Waals surface area contributed by atoms with Crippen LogP contribution in [0.2, 0.25) is 0 Å². The van der Waals surface area contributed by atoms with Gasteiger partial charge >= 0.3 is 0 Å². The molecule has 0 aromatic carbocycles. The van der Waals surface area contributed by atoms with Crippen molar-refractivity contribution in [2.45, 2.75) is 24.3 Å². The first kappa shape index (κ1) is 8.88. The maximum atomic E-state index is 5.10. The largest absolute Gasteiger partial charge is 0.481 e. The number of rotatable bonds is 1. The topological polar surface area (TPSA) is 22.1 Å². The summed E-state index contributed by atoms with van der Waals surface area (Å²) in [5.41, 5.74) is 1.38. The lowest BCUT2D eigenvalue weighted by Crippen LogP contribution is -1.93. The minimum absolute atomic E-state index is 0.730. The van der Waals surface area contributed by atoms with E-state index in [0.29, 0.717) is 0 Å². The van der Waals surface area contributed by atoms with Crippen molar-refractivity contribution in [2.75, 3.05) is 12.9 Å². The quantitative estimate of drug-likeness (QED) is 0.687. The lowest BCUT2D eigenvalue weighted by atomic mass is 10.1. The zero-order valence-corrected chi connectivity index (χ0v) is 8.56. The van der Waals surface area contributed by atoms with Crippen molar-refractivity contribution in [3.8, 4) is 5.88 Å². The maximum absolute atomic E-state index is 5.10. The molecule has 0 unspecified atom stereocenters. The van der Waals surface area contributed by atoms with Gasteiger partial charge in [-0.05, 0) is 30.6 Å². The predicted octanol–water partition coefficient (Wildman–Crippen LogP) is 2.52. The molecule has 1 aliphatic heterocycles. The van der Waals surface area contributed by atoms with Crippen LogP contribution in [0.4, 0.5) is 0 Å². The summed E-state index contributed by atoms with van der Waals surface area (Å²) in [6, 6.07) is 4.09. The Morgan fingerprint density at radius 2 is 2.31 bits per heavy atom. The van der Waals surface area contributed by atoms with Crippen LogP contribution >= 0.6 is 11.8 Å². The summed E-state index contributed by atoms with van der Waals surface area (Å²) < 4.78 is 5.10. The van der Waals surface area contributed by atoms with Gasteiger partial charge in [-0.15, -0.1) is 11.8 Å². The fourth-order valence-electron chi connectivity index (χ4n) is 1.47. The molecular weight excluding hydrogens is 182 g/mol. The van der Waals surface area contributed by atoms with E-state index < -0.39 is 0 Å². The van der Waals surface area contributed by atoms with E-state index in [1.165, 1.54) is 30.6 Å². The van der Waals surface area contributed by atoms with Gasteiger partial charge in [0.2, 0.25) is 5.88 Å². The Morgan fingerprint density at radius 3 is 3.15 bits per heavy atom. The highest BCUT2D eigenvalue weighted by molar-refractivity contribution is 7.99. The Bertz CT molecular complexity index is 301. The maximum Gasteiger partial charge on any atom is 0.213 e. The minimum atomic E-state index is 0.730. The number of hydrogen-bond acceptors (Lipinski definition) is 3. The summed E-state index contributed by atoms with van der Waals surface area (Å²) in [5.74, 6) is 1.92. The Hall–Kier alpha value is -0.700. The van der Waals surface area contributed by atoms with E-state index in [-0.39, 0.29) is 0 Å². The van der Waals surface area contributed by atoms with E-state index in [9.17, 15) is 0 Å². The van der Waals surface area contributed by atoms with Gasteiger partial charge in [-0.2, -0.15) is 0 Å². The van der Waals surface area contributed by atoms with Crippen LogP contribution in [0, 0.1) is 0 Å². The molecule has 1 aliphatic rings. The van der Waals surface area contributed by atoms with Crippen molar-refractivity contribution in [1.82, 2.24) is 4.98 Å². The lowest BCUT2D eigenvalue weighted by Gasteiger charge is -2.05. The predicted molar refractivity (Wildman–Crippen MR) is 54.5 cm³/mol. The molecule has 0 fully saturated rings. The average molecular weight is 195 g/mol. The van der Waals surface area contributed by atoms with Gasteiger partial charge in [-0.25, -0.2) is 4.98 Å². The van der Waals surface area contributed by atoms with Crippen molar-refractivity contribution in [2.24, 2.45) is 0 Å². The van der Waals surface area contributed by atoms with Gasteiger partial charge in [0.15, 0.2) is 0 Å². The first-order valence-corrected chi connectivity index (χ1v) is 5.55. The monoisotopic (exact) mass is 195 g/mol. The second-order valence-electron chi connectivity index (χ2n) is 3.12. The van der Waals surface area contributed by atoms with E-state index in [0.717, 1.165) is 10.9 Å². The van der Waals surface area contributed by atoms with Crippen molar-refractivity contribution in [1.29, 1.82) is 0 Å². The van der Waals surface area contributed by atoms with Crippen LogP contribution in [0.5, 0.6) is 5.88 Å². The third kappa shape index (κ3) is 1.97. The third-order valence-electron chi connectivity index (χ3n) is 2.20. The summed E-state index contributed by atoms with van der Waals surface area (Å²) in [4.78, 5) is 4.43. The van der Waals surface area contributed by atoms with Crippen LogP contribution in [0.1, 0.15) is 18.4 Å². The summed E-state index contributed by atoms with van der Waals surface area (Å²) in [6.07, 6.45) is 3.75. The normalized spacial score (nSPS) is 16.1. The highest BCUT2D eigenvalue weighted by atomic mass is 32.2. The molecule has 0 saturated carbocycles. The molecular formula is C10H13NOS. The molecule has 0 amide bonds. The smallest absolute Gasteiger partial charge is 0.213 e. The van der Waals surface area contributed by atoms with Gasteiger partial charge in [0.25, 0.3) is 0 Å². The fourth-order valence-corrected chi connectivity index (χ4v) is 2.52. The molecule has 13 heavy (non-hydrogen) atoms. The zero-order valence-electron chi connectivity index (χ0n) is 7.75. The zero-order chi connectivity index (χ0) is 9.10. The van der Waals surface area contributed by atoms with Gasteiger partial charge in [-0.3, -0.25) is 0 Å². The molecule has 0 saturated heterocycles. The summed E-state index contributed by atoms with van der Waals surface area (Å²) in [7, 11) is 1.66. The van der Waals surface area contributed by atoms with Crippen LogP contribution in [0.25, 0.3) is 0 Å². The molecule has 0 aliphatic carbocycles. The molecule has 2 heterocycles. The molecule has 0 N–H and O–H groups in total. The van der Waals surface area contributed by atoms with Crippen LogP contribution in [0.3, 0.4) is 0 Å². The number of fused-ring (bicyclic) bond motifs is 1. The molecule has 1 aromatic heterocycles. The molecule has 0 spiro atoms. The Morgan fingerprint density at radius 1 is 1.38 bits per heavy atom. The second kappa shape index (κ2) is 4.01. The highest BCUT2D eigenvalue weighted by Crippen LogP contribution is 2.28. The van der Waals surface area contributed by atoms with Crippen LogP contribution < -0.4 is 4.74 Å². The van der Waals surface area contributed by atoms with Crippen LogP contribution in [-0.2, 0) is 6.42 Å². The van der Waals surface area contributed by atoms with Crippen molar-refractivity contribution in [3.05, 3.63) is 17.7 Å². The molecule has 70 valence electrons. The van der Waals surface area contributed by atoms with E-state index in [4.69, 9.17) is 4.74 Å². The molecule has 0 bridgehead atoms. The number of aromatic nitrogens is 1. The molecule has 2 nitrogen and oxygen atoms in total. The van der Waals surface area contributed by atoms with Crippen LogP contribution in [0.15, 0.2) is 17.2 Å². The Kier molecular flexibility index (Phi) is 2.74.